The highest BCUT2D eigenvalue weighted by Crippen LogP contribution is 2.34. The molecule has 0 spiro atoms. The summed E-state index contributed by atoms with van der Waals surface area (Å²) in [4.78, 5) is 29.4. The van der Waals surface area contributed by atoms with Gasteiger partial charge in [0.1, 0.15) is 10.6 Å². The molecule has 1 aliphatic heterocycles. The van der Waals surface area contributed by atoms with Crippen molar-refractivity contribution in [2.45, 2.75) is 30.7 Å². The molecule has 174 valence electrons. The Morgan fingerprint density at radius 2 is 1.62 bits per heavy atom. The quantitative estimate of drug-likeness (QED) is 0.256. The van der Waals surface area contributed by atoms with Crippen molar-refractivity contribution in [1.82, 2.24) is 14.9 Å². The van der Waals surface area contributed by atoms with E-state index in [0.717, 1.165) is 52.0 Å². The maximum atomic E-state index is 12.8. The van der Waals surface area contributed by atoms with Crippen molar-refractivity contribution in [2.24, 2.45) is 0 Å². The van der Waals surface area contributed by atoms with Crippen LogP contribution in [0, 0.1) is 0 Å². The van der Waals surface area contributed by atoms with Gasteiger partial charge in [0.15, 0.2) is 5.16 Å². The van der Waals surface area contributed by atoms with Crippen molar-refractivity contribution in [2.75, 3.05) is 31.1 Å². The molecule has 3 heterocycles. The number of aryl methyl sites for hydroxylation is 1. The van der Waals surface area contributed by atoms with E-state index >= 15 is 0 Å². The highest BCUT2D eigenvalue weighted by molar-refractivity contribution is 7.98. The van der Waals surface area contributed by atoms with E-state index in [1.54, 1.807) is 23.1 Å². The molecule has 0 aliphatic carbocycles. The lowest BCUT2D eigenvalue weighted by atomic mass is 10.1. The Morgan fingerprint density at radius 3 is 2.29 bits per heavy atom. The molecule has 1 amide bonds. The van der Waals surface area contributed by atoms with Gasteiger partial charge < -0.3 is 9.80 Å². The molecule has 7 heteroatoms. The number of carbonyl (C=O) groups excluding carboxylic acids is 1. The van der Waals surface area contributed by atoms with Crippen molar-refractivity contribution in [3.05, 3.63) is 82.7 Å². The number of aromatic nitrogens is 2. The first kappa shape index (κ1) is 22.9. The Labute approximate surface area is 208 Å². The van der Waals surface area contributed by atoms with Crippen LogP contribution in [-0.2, 0) is 23.4 Å². The molecule has 0 N–H and O–H groups in total. The third-order valence-electron chi connectivity index (χ3n) is 6.09. The van der Waals surface area contributed by atoms with E-state index in [9.17, 15) is 4.79 Å². The third-order valence-corrected chi connectivity index (χ3v) is 8.18. The molecule has 5 nitrogen and oxygen atoms in total. The normalized spacial score (nSPS) is 14.0. The molecule has 0 radical (unpaired) electrons. The molecular formula is C27H28N4OS2. The first-order valence-corrected chi connectivity index (χ1v) is 13.5. The second-order valence-corrected chi connectivity index (χ2v) is 10.5. The van der Waals surface area contributed by atoms with Crippen LogP contribution in [0.5, 0.6) is 0 Å². The number of thiophene rings is 1. The molecule has 0 atom stereocenters. The zero-order valence-electron chi connectivity index (χ0n) is 19.3. The molecule has 0 bridgehead atoms. The number of rotatable bonds is 7. The monoisotopic (exact) mass is 488 g/mol. The van der Waals surface area contributed by atoms with Crippen LogP contribution in [0.2, 0.25) is 0 Å². The predicted molar refractivity (Wildman–Crippen MR) is 142 cm³/mol. The highest BCUT2D eigenvalue weighted by Gasteiger charge is 2.24. The van der Waals surface area contributed by atoms with Crippen LogP contribution in [0.25, 0.3) is 10.2 Å². The smallest absolute Gasteiger partial charge is 0.227 e. The average molecular weight is 489 g/mol. The summed E-state index contributed by atoms with van der Waals surface area (Å²) >= 11 is 3.45. The molecule has 1 saturated heterocycles. The van der Waals surface area contributed by atoms with E-state index in [4.69, 9.17) is 9.97 Å². The lowest BCUT2D eigenvalue weighted by molar-refractivity contribution is -0.130. The van der Waals surface area contributed by atoms with Crippen LogP contribution in [0.3, 0.4) is 0 Å². The lowest BCUT2D eigenvalue weighted by Crippen LogP contribution is -2.49. The van der Waals surface area contributed by atoms with Gasteiger partial charge in [-0.15, -0.1) is 11.3 Å². The number of thioether (sulfide) groups is 1. The van der Waals surface area contributed by atoms with E-state index in [1.807, 2.05) is 41.3 Å². The number of carbonyl (C=O) groups is 1. The standard InChI is InChI=1S/C27H28N4OS2/c1-2-22-18-23-25(28-27(29-26(23)34-22)33-19-21-11-7-4-8-12-21)31-15-13-30(14-16-31)24(32)17-20-9-5-3-6-10-20/h3-12,18H,2,13-17,19H2,1H3. The summed E-state index contributed by atoms with van der Waals surface area (Å²) in [5.41, 5.74) is 2.33. The fraction of sp³-hybridized carbons (Fsp3) is 0.296. The van der Waals surface area contributed by atoms with Gasteiger partial charge >= 0.3 is 0 Å². The zero-order valence-corrected chi connectivity index (χ0v) is 20.9. The SMILES string of the molecule is CCc1cc2c(N3CCN(C(=O)Cc4ccccc4)CC3)nc(SCc3ccccc3)nc2s1. The minimum atomic E-state index is 0.196. The molecule has 4 aromatic rings. The number of hydrogen-bond acceptors (Lipinski definition) is 6. The number of amides is 1. The first-order chi connectivity index (χ1) is 16.7. The molecule has 1 fully saturated rings. The fourth-order valence-corrected chi connectivity index (χ4v) is 6.00. The van der Waals surface area contributed by atoms with Crippen LogP contribution >= 0.6 is 23.1 Å². The van der Waals surface area contributed by atoms with E-state index in [2.05, 4.69) is 42.2 Å². The number of anilines is 1. The van der Waals surface area contributed by atoms with E-state index < -0.39 is 0 Å². The Morgan fingerprint density at radius 1 is 0.941 bits per heavy atom. The largest absolute Gasteiger partial charge is 0.352 e. The summed E-state index contributed by atoms with van der Waals surface area (Å²) in [6, 6.07) is 22.7. The molecule has 34 heavy (non-hydrogen) atoms. The number of fused-ring (bicyclic) bond motifs is 1. The van der Waals surface area contributed by atoms with E-state index in [-0.39, 0.29) is 5.91 Å². The van der Waals surface area contributed by atoms with Gasteiger partial charge in [0, 0.05) is 36.8 Å². The lowest BCUT2D eigenvalue weighted by Gasteiger charge is -2.35. The summed E-state index contributed by atoms with van der Waals surface area (Å²) in [6.45, 7) is 5.18. The minimum absolute atomic E-state index is 0.196. The molecule has 2 aromatic carbocycles. The second kappa shape index (κ2) is 10.6. The van der Waals surface area contributed by atoms with Crippen LogP contribution < -0.4 is 4.90 Å². The Bertz CT molecular complexity index is 1250. The maximum absolute atomic E-state index is 12.8. The molecular weight excluding hydrogens is 460 g/mol. The number of nitrogens with zero attached hydrogens (tertiary/aromatic N) is 4. The summed E-state index contributed by atoms with van der Waals surface area (Å²) < 4.78 is 0. The van der Waals surface area contributed by atoms with Crippen LogP contribution in [0.4, 0.5) is 5.82 Å². The van der Waals surface area contributed by atoms with Gasteiger partial charge in [-0.25, -0.2) is 9.97 Å². The van der Waals surface area contributed by atoms with E-state index in [1.165, 1.54) is 10.4 Å². The summed E-state index contributed by atoms with van der Waals surface area (Å²) in [6.07, 6.45) is 1.46. The van der Waals surface area contributed by atoms with Gasteiger partial charge in [0.25, 0.3) is 0 Å². The Balaban J connectivity index is 1.32. The van der Waals surface area contributed by atoms with Crippen molar-refractivity contribution in [1.29, 1.82) is 0 Å². The highest BCUT2D eigenvalue weighted by atomic mass is 32.2. The maximum Gasteiger partial charge on any atom is 0.227 e. The predicted octanol–water partition coefficient (Wildman–Crippen LogP) is 5.44. The Kier molecular flexibility index (Phi) is 7.11. The number of benzene rings is 2. The van der Waals surface area contributed by atoms with Crippen LogP contribution in [-0.4, -0.2) is 47.0 Å². The van der Waals surface area contributed by atoms with Crippen molar-refractivity contribution < 1.29 is 4.79 Å². The van der Waals surface area contributed by atoms with Gasteiger partial charge in [0.2, 0.25) is 5.91 Å². The van der Waals surface area contributed by atoms with Gasteiger partial charge in [-0.05, 0) is 23.6 Å². The summed E-state index contributed by atoms with van der Waals surface area (Å²) in [5.74, 6) is 2.05. The van der Waals surface area contributed by atoms with Crippen LogP contribution in [0.15, 0.2) is 71.9 Å². The average Bonchev–Trinajstić information content (AvgIpc) is 3.32. The molecule has 5 rings (SSSR count). The topological polar surface area (TPSA) is 49.3 Å². The molecule has 0 saturated carbocycles. The van der Waals surface area contributed by atoms with Crippen molar-refractivity contribution in [3.63, 3.8) is 0 Å². The Hall–Kier alpha value is -2.90. The first-order valence-electron chi connectivity index (χ1n) is 11.7. The van der Waals surface area contributed by atoms with Crippen molar-refractivity contribution in [3.8, 4) is 0 Å². The fourth-order valence-electron chi connectivity index (χ4n) is 4.19. The summed E-state index contributed by atoms with van der Waals surface area (Å²) in [5, 5.41) is 1.95. The zero-order chi connectivity index (χ0) is 23.3. The van der Waals surface area contributed by atoms with Gasteiger partial charge in [-0.2, -0.15) is 0 Å². The van der Waals surface area contributed by atoms with Gasteiger partial charge in [-0.3, -0.25) is 4.79 Å². The number of hydrogen-bond donors (Lipinski definition) is 0. The van der Waals surface area contributed by atoms with Gasteiger partial charge in [-0.1, -0.05) is 79.3 Å². The van der Waals surface area contributed by atoms with Gasteiger partial charge in [0.05, 0.1) is 11.8 Å². The summed E-state index contributed by atoms with van der Waals surface area (Å²) in [7, 11) is 0. The third kappa shape index (κ3) is 5.26. The molecule has 1 aliphatic rings. The molecule has 2 aromatic heterocycles. The minimum Gasteiger partial charge on any atom is -0.352 e. The van der Waals surface area contributed by atoms with Crippen LogP contribution in [0.1, 0.15) is 22.9 Å². The van der Waals surface area contributed by atoms with Crippen molar-refractivity contribution >= 4 is 45.0 Å². The second-order valence-electron chi connectivity index (χ2n) is 8.42. The molecule has 0 unspecified atom stereocenters. The van der Waals surface area contributed by atoms with E-state index in [0.29, 0.717) is 19.5 Å². The number of piperazine rings is 1.